The number of carbonyl (C=O) groups excluding carboxylic acids is 4. The molecule has 0 unspecified atom stereocenters. The van der Waals surface area contributed by atoms with E-state index in [1.165, 1.54) is 65.0 Å². The highest BCUT2D eigenvalue weighted by Gasteiger charge is 2.18. The molecule has 0 bridgehead atoms. The average Bonchev–Trinajstić information content (AvgIpc) is 3.98. The minimum absolute atomic E-state index is 0.104. The topological polar surface area (TPSA) is 68.3 Å². The van der Waals surface area contributed by atoms with Gasteiger partial charge in [-0.25, -0.2) is 0 Å². The molecule has 0 aliphatic heterocycles. The van der Waals surface area contributed by atoms with Gasteiger partial charge in [0.15, 0.2) is 23.1 Å². The third-order valence-electron chi connectivity index (χ3n) is 11.2. The van der Waals surface area contributed by atoms with Gasteiger partial charge < -0.3 is 0 Å². The number of benzene rings is 7. The molecule has 9 rings (SSSR count). The molecule has 0 N–H and O–H groups in total. The first kappa shape index (κ1) is 41.4. The van der Waals surface area contributed by atoms with Gasteiger partial charge >= 0.3 is 0 Å². The lowest BCUT2D eigenvalue weighted by molar-refractivity contribution is 0.100. The number of Topliss-reactive ketones (excluding diaryl/α,β-unsaturated/α-hetero) is 4. The first-order valence-corrected chi connectivity index (χ1v) is 20.4. The second kappa shape index (κ2) is 19.7. The summed E-state index contributed by atoms with van der Waals surface area (Å²) in [7, 11) is 0. The molecule has 4 heteroatoms. The smallest absolute Gasteiger partial charge is 0.160 e. The van der Waals surface area contributed by atoms with Crippen LogP contribution in [-0.4, -0.2) is 23.1 Å². The predicted molar refractivity (Wildman–Crippen MR) is 239 cm³/mol. The summed E-state index contributed by atoms with van der Waals surface area (Å²) in [5.41, 5.74) is 9.58. The first-order chi connectivity index (χ1) is 28.1. The summed E-state index contributed by atoms with van der Waals surface area (Å²) in [6.07, 6.45) is 8.72. The van der Waals surface area contributed by atoms with Crippen molar-refractivity contribution < 1.29 is 19.2 Å². The van der Waals surface area contributed by atoms with E-state index in [9.17, 15) is 19.2 Å². The fraction of sp³-hybridized carbons (Fsp3) is 0.222. The van der Waals surface area contributed by atoms with Crippen LogP contribution in [0.25, 0.3) is 32.7 Å². The lowest BCUT2D eigenvalue weighted by atomic mass is 9.95. The van der Waals surface area contributed by atoms with Gasteiger partial charge in [-0.05, 0) is 133 Å². The highest BCUT2D eigenvalue weighted by atomic mass is 16.1. The Kier molecular flexibility index (Phi) is 14.1. The van der Waals surface area contributed by atoms with Crippen molar-refractivity contribution in [3.05, 3.63) is 191 Å². The van der Waals surface area contributed by atoms with Crippen LogP contribution in [0.15, 0.2) is 152 Å². The molecule has 4 nitrogen and oxygen atoms in total. The monoisotopic (exact) mass is 764 g/mol. The van der Waals surface area contributed by atoms with Crippen molar-refractivity contribution in [3.8, 4) is 11.1 Å². The first-order valence-electron chi connectivity index (χ1n) is 20.4. The number of hydrogen-bond acceptors (Lipinski definition) is 4. The van der Waals surface area contributed by atoms with Gasteiger partial charge in [0, 0.05) is 22.3 Å². The molecular weight excluding hydrogens is 713 g/mol. The van der Waals surface area contributed by atoms with E-state index in [4.69, 9.17) is 0 Å². The minimum Gasteiger partial charge on any atom is -0.295 e. The Morgan fingerprint density at radius 3 is 1.69 bits per heavy atom. The Hall–Kier alpha value is -6.26. The van der Waals surface area contributed by atoms with Crippen LogP contribution in [0.2, 0.25) is 0 Å². The lowest BCUT2D eigenvalue weighted by Crippen LogP contribution is -1.98. The van der Waals surface area contributed by atoms with Gasteiger partial charge in [-0.15, -0.1) is 0 Å². The van der Waals surface area contributed by atoms with E-state index in [-0.39, 0.29) is 23.1 Å². The number of fused-ring (bicyclic) bond motifs is 4. The number of hydrogen-bond donors (Lipinski definition) is 0. The molecule has 7 aromatic carbocycles. The molecule has 0 heterocycles. The number of rotatable bonds is 6. The van der Waals surface area contributed by atoms with Crippen molar-refractivity contribution in [2.24, 2.45) is 0 Å². The molecule has 58 heavy (non-hydrogen) atoms. The summed E-state index contributed by atoms with van der Waals surface area (Å²) in [6.45, 7) is 6.47. The molecule has 1 saturated carbocycles. The van der Waals surface area contributed by atoms with Crippen LogP contribution in [0.1, 0.15) is 124 Å². The number of aryl methyl sites for hydroxylation is 1. The second-order valence-corrected chi connectivity index (χ2v) is 15.3. The van der Waals surface area contributed by atoms with Crippen molar-refractivity contribution in [2.75, 3.05) is 0 Å². The fourth-order valence-corrected chi connectivity index (χ4v) is 7.99. The van der Waals surface area contributed by atoms with Crippen molar-refractivity contribution in [3.63, 3.8) is 0 Å². The molecule has 2 aliphatic carbocycles. The van der Waals surface area contributed by atoms with Gasteiger partial charge in [0.2, 0.25) is 0 Å². The van der Waals surface area contributed by atoms with E-state index >= 15 is 0 Å². The molecule has 0 saturated heterocycles. The van der Waals surface area contributed by atoms with E-state index in [0.717, 1.165) is 51.6 Å². The van der Waals surface area contributed by atoms with Crippen LogP contribution < -0.4 is 0 Å². The standard InChI is InChI=1S/C16H12O.C14H12O.C13H16O.C11H12O/c1-11(17)14-9-8-13-7-6-12-4-2-3-5-15(12)16(13)10-14;1-11(15)13-8-5-9-14(10-13)12-6-3-2-4-7-12;1-10(14)12-7-4-8-13(9-12)11-5-2-3-6-11;1-8(12)10-6-2-4-9-5-3-7-11(9)10/h2-10H,1H3;2-10H,1H3;4,7-9,11H,2-3,5-6H2,1H3;2,4,6H,3,5,7H2,1H3. The van der Waals surface area contributed by atoms with Crippen LogP contribution in [0.5, 0.6) is 0 Å². The molecular formula is C54H52O4. The molecule has 0 spiro atoms. The Labute approximate surface area is 343 Å². The molecule has 0 aromatic heterocycles. The zero-order valence-electron chi connectivity index (χ0n) is 34.1. The molecule has 0 atom stereocenters. The number of ketones is 4. The summed E-state index contributed by atoms with van der Waals surface area (Å²) in [6, 6.07) is 50.3. The van der Waals surface area contributed by atoms with Crippen LogP contribution in [0.3, 0.4) is 0 Å². The van der Waals surface area contributed by atoms with Crippen LogP contribution in [0, 0.1) is 0 Å². The van der Waals surface area contributed by atoms with Crippen LogP contribution in [-0.2, 0) is 12.8 Å². The Morgan fingerprint density at radius 2 is 1.00 bits per heavy atom. The maximum Gasteiger partial charge on any atom is 0.160 e. The molecule has 0 radical (unpaired) electrons. The molecule has 7 aromatic rings. The Balaban J connectivity index is 0.000000131. The number of carbonyl (C=O) groups is 4. The zero-order chi connectivity index (χ0) is 41.0. The maximum atomic E-state index is 11.4. The molecule has 1 fully saturated rings. The molecule has 292 valence electrons. The van der Waals surface area contributed by atoms with Crippen LogP contribution >= 0.6 is 0 Å². The lowest BCUT2D eigenvalue weighted by Gasteiger charge is -2.09. The Morgan fingerprint density at radius 1 is 0.431 bits per heavy atom. The predicted octanol–water partition coefficient (Wildman–Crippen LogP) is 13.7. The Bertz CT molecular complexity index is 2560. The highest BCUT2D eigenvalue weighted by Crippen LogP contribution is 2.34. The minimum atomic E-state index is 0.104. The average molecular weight is 765 g/mol. The summed E-state index contributed by atoms with van der Waals surface area (Å²) in [5.74, 6) is 1.29. The summed E-state index contributed by atoms with van der Waals surface area (Å²) < 4.78 is 0. The highest BCUT2D eigenvalue weighted by molar-refractivity contribution is 6.10. The van der Waals surface area contributed by atoms with E-state index in [0.29, 0.717) is 5.92 Å². The van der Waals surface area contributed by atoms with Crippen molar-refractivity contribution in [2.45, 2.75) is 78.6 Å². The van der Waals surface area contributed by atoms with E-state index < -0.39 is 0 Å². The zero-order valence-corrected chi connectivity index (χ0v) is 34.1. The van der Waals surface area contributed by atoms with Gasteiger partial charge in [-0.2, -0.15) is 0 Å². The molecule has 0 amide bonds. The van der Waals surface area contributed by atoms with Gasteiger partial charge in [0.1, 0.15) is 0 Å². The van der Waals surface area contributed by atoms with Crippen molar-refractivity contribution in [1.82, 2.24) is 0 Å². The quantitative estimate of drug-likeness (QED) is 0.125. The van der Waals surface area contributed by atoms with E-state index in [1.807, 2.05) is 109 Å². The third kappa shape index (κ3) is 10.6. The van der Waals surface area contributed by atoms with E-state index in [2.05, 4.69) is 42.5 Å². The molecule has 2 aliphatic rings. The normalized spacial score (nSPS) is 12.9. The third-order valence-corrected chi connectivity index (χ3v) is 11.2. The maximum absolute atomic E-state index is 11.4. The van der Waals surface area contributed by atoms with Crippen LogP contribution in [0.4, 0.5) is 0 Å². The van der Waals surface area contributed by atoms with Crippen molar-refractivity contribution in [1.29, 1.82) is 0 Å². The largest absolute Gasteiger partial charge is 0.295 e. The van der Waals surface area contributed by atoms with Gasteiger partial charge in [0.25, 0.3) is 0 Å². The fourth-order valence-electron chi connectivity index (χ4n) is 7.99. The second-order valence-electron chi connectivity index (χ2n) is 15.3. The SMILES string of the molecule is CC(=O)c1ccc2ccc3ccccc3c2c1.CC(=O)c1cccc(-c2ccccc2)c1.CC(=O)c1cccc(C2CCCC2)c1.CC(=O)c1cccc2c1CCC2. The summed E-state index contributed by atoms with van der Waals surface area (Å²) in [4.78, 5) is 45.1. The van der Waals surface area contributed by atoms with E-state index in [1.54, 1.807) is 27.7 Å². The van der Waals surface area contributed by atoms with Crippen molar-refractivity contribution >= 4 is 44.7 Å². The summed E-state index contributed by atoms with van der Waals surface area (Å²) in [5, 5.41) is 4.73. The van der Waals surface area contributed by atoms with Gasteiger partial charge in [-0.1, -0.05) is 146 Å². The summed E-state index contributed by atoms with van der Waals surface area (Å²) >= 11 is 0. The van der Waals surface area contributed by atoms with Gasteiger partial charge in [-0.3, -0.25) is 19.2 Å². The van der Waals surface area contributed by atoms with Gasteiger partial charge in [0.05, 0.1) is 0 Å².